The molecule has 2 bridgehead atoms. The summed E-state index contributed by atoms with van der Waals surface area (Å²) < 4.78 is 0. The number of hydrogen-bond donors (Lipinski definition) is 1. The smallest absolute Gasteiger partial charge is 0.0224 e. The van der Waals surface area contributed by atoms with E-state index in [1.54, 1.807) is 0 Å². The van der Waals surface area contributed by atoms with Crippen LogP contribution in [0.1, 0.15) is 19.3 Å². The highest BCUT2D eigenvalue weighted by molar-refractivity contribution is 4.92. The van der Waals surface area contributed by atoms with E-state index >= 15 is 0 Å². The Bertz CT molecular complexity index is 199. The highest BCUT2D eigenvalue weighted by Crippen LogP contribution is 2.27. The van der Waals surface area contributed by atoms with Crippen LogP contribution >= 0.6 is 0 Å². The molecule has 13 heavy (non-hydrogen) atoms. The van der Waals surface area contributed by atoms with Crippen molar-refractivity contribution in [2.24, 2.45) is 5.92 Å². The second-order valence-electron chi connectivity index (χ2n) is 4.15. The lowest BCUT2D eigenvalue weighted by Gasteiger charge is -2.45. The van der Waals surface area contributed by atoms with E-state index in [0.29, 0.717) is 0 Å². The van der Waals surface area contributed by atoms with Crippen LogP contribution in [0.25, 0.3) is 0 Å². The molecule has 3 heterocycles. The van der Waals surface area contributed by atoms with Crippen molar-refractivity contribution in [3.63, 3.8) is 0 Å². The third kappa shape index (κ3) is 2.04. The fourth-order valence-electron chi connectivity index (χ4n) is 2.53. The summed E-state index contributed by atoms with van der Waals surface area (Å²) in [4.78, 5) is 2.56. The molecule has 3 aliphatic heterocycles. The standard InChI is InChI=1S/C11H18N2/c1-2-3-6-12-11-9-13-7-4-10(11)5-8-13/h1,10-12H,3-9H2. The zero-order valence-corrected chi connectivity index (χ0v) is 8.13. The van der Waals surface area contributed by atoms with Crippen LogP contribution in [-0.4, -0.2) is 37.1 Å². The molecule has 1 atom stereocenters. The average Bonchev–Trinajstić information content (AvgIpc) is 2.20. The molecule has 0 radical (unpaired) electrons. The molecule has 1 N–H and O–H groups in total. The molecule has 0 amide bonds. The maximum Gasteiger partial charge on any atom is 0.0224 e. The minimum Gasteiger partial charge on any atom is -0.311 e. The summed E-state index contributed by atoms with van der Waals surface area (Å²) in [6.07, 6.45) is 8.85. The van der Waals surface area contributed by atoms with E-state index in [1.165, 1.54) is 32.5 Å². The van der Waals surface area contributed by atoms with E-state index in [9.17, 15) is 0 Å². The average molecular weight is 178 g/mol. The molecule has 3 rings (SSSR count). The van der Waals surface area contributed by atoms with Gasteiger partial charge in [-0.05, 0) is 31.8 Å². The molecule has 2 heteroatoms. The summed E-state index contributed by atoms with van der Waals surface area (Å²) in [6.45, 7) is 4.87. The first-order valence-electron chi connectivity index (χ1n) is 5.29. The summed E-state index contributed by atoms with van der Waals surface area (Å²) in [5.74, 6) is 3.59. The van der Waals surface area contributed by atoms with Gasteiger partial charge in [0.2, 0.25) is 0 Å². The van der Waals surface area contributed by atoms with E-state index < -0.39 is 0 Å². The number of piperidine rings is 3. The minimum absolute atomic E-state index is 0.718. The summed E-state index contributed by atoms with van der Waals surface area (Å²) in [5, 5.41) is 3.57. The molecule has 0 saturated carbocycles. The van der Waals surface area contributed by atoms with Gasteiger partial charge in [0.15, 0.2) is 0 Å². The van der Waals surface area contributed by atoms with Gasteiger partial charge in [-0.2, -0.15) is 0 Å². The molecule has 3 aliphatic rings. The van der Waals surface area contributed by atoms with Crippen LogP contribution in [0, 0.1) is 18.3 Å². The third-order valence-corrected chi connectivity index (χ3v) is 3.33. The van der Waals surface area contributed by atoms with Crippen molar-refractivity contribution in [1.29, 1.82) is 0 Å². The Kier molecular flexibility index (Phi) is 2.87. The van der Waals surface area contributed by atoms with Gasteiger partial charge in [0.05, 0.1) is 0 Å². The van der Waals surface area contributed by atoms with Crippen molar-refractivity contribution < 1.29 is 0 Å². The number of rotatable bonds is 3. The first kappa shape index (κ1) is 9.05. The molecule has 0 aliphatic carbocycles. The monoisotopic (exact) mass is 178 g/mol. The molecule has 0 spiro atoms. The van der Waals surface area contributed by atoms with Crippen LogP contribution in [0.15, 0.2) is 0 Å². The van der Waals surface area contributed by atoms with Crippen molar-refractivity contribution in [2.45, 2.75) is 25.3 Å². The zero-order valence-electron chi connectivity index (χ0n) is 8.13. The summed E-state index contributed by atoms with van der Waals surface area (Å²) in [6, 6.07) is 0.718. The molecule has 1 unspecified atom stereocenters. The molecule has 2 nitrogen and oxygen atoms in total. The summed E-state index contributed by atoms with van der Waals surface area (Å²) >= 11 is 0. The lowest BCUT2D eigenvalue weighted by atomic mass is 9.84. The highest BCUT2D eigenvalue weighted by atomic mass is 15.2. The Labute approximate surface area is 80.7 Å². The minimum atomic E-state index is 0.718. The van der Waals surface area contributed by atoms with Crippen LogP contribution in [-0.2, 0) is 0 Å². The maximum atomic E-state index is 5.22. The SMILES string of the molecule is C#CCCNC1CN2CCC1CC2. The van der Waals surface area contributed by atoms with Gasteiger partial charge in [-0.15, -0.1) is 12.3 Å². The second kappa shape index (κ2) is 4.13. The predicted octanol–water partition coefficient (Wildman–Crippen LogP) is 0.693. The molecular formula is C11H18N2. The molecule has 3 saturated heterocycles. The first-order chi connectivity index (χ1) is 6.40. The number of nitrogens with zero attached hydrogens (tertiary/aromatic N) is 1. The number of hydrogen-bond acceptors (Lipinski definition) is 2. The van der Waals surface area contributed by atoms with Crippen molar-refractivity contribution in [3.05, 3.63) is 0 Å². The van der Waals surface area contributed by atoms with Gasteiger partial charge in [-0.25, -0.2) is 0 Å². The Morgan fingerprint density at radius 3 is 2.69 bits per heavy atom. The Morgan fingerprint density at radius 1 is 1.38 bits per heavy atom. The van der Waals surface area contributed by atoms with Gasteiger partial charge in [0.1, 0.15) is 0 Å². The molecule has 72 valence electrons. The lowest BCUT2D eigenvalue weighted by molar-refractivity contribution is 0.0733. The lowest BCUT2D eigenvalue weighted by Crippen LogP contribution is -2.56. The van der Waals surface area contributed by atoms with Crippen molar-refractivity contribution >= 4 is 0 Å². The Balaban J connectivity index is 1.77. The molecule has 3 fully saturated rings. The van der Waals surface area contributed by atoms with Crippen LogP contribution in [0.5, 0.6) is 0 Å². The predicted molar refractivity (Wildman–Crippen MR) is 54.4 cm³/mol. The van der Waals surface area contributed by atoms with E-state index in [2.05, 4.69) is 16.1 Å². The van der Waals surface area contributed by atoms with Crippen molar-refractivity contribution in [3.8, 4) is 12.3 Å². The van der Waals surface area contributed by atoms with E-state index in [4.69, 9.17) is 6.42 Å². The quantitative estimate of drug-likeness (QED) is 0.505. The van der Waals surface area contributed by atoms with Gasteiger partial charge < -0.3 is 10.2 Å². The van der Waals surface area contributed by atoms with Gasteiger partial charge >= 0.3 is 0 Å². The first-order valence-corrected chi connectivity index (χ1v) is 5.29. The largest absolute Gasteiger partial charge is 0.311 e. The molecular weight excluding hydrogens is 160 g/mol. The highest BCUT2D eigenvalue weighted by Gasteiger charge is 2.33. The number of fused-ring (bicyclic) bond motifs is 3. The summed E-state index contributed by atoms with van der Waals surface area (Å²) in [7, 11) is 0. The van der Waals surface area contributed by atoms with E-state index in [1.807, 2.05) is 0 Å². The fourth-order valence-corrected chi connectivity index (χ4v) is 2.53. The number of terminal acetylenes is 1. The van der Waals surface area contributed by atoms with Crippen LogP contribution < -0.4 is 5.32 Å². The second-order valence-corrected chi connectivity index (χ2v) is 4.15. The Morgan fingerprint density at radius 2 is 2.15 bits per heavy atom. The van der Waals surface area contributed by atoms with Gasteiger partial charge in [0, 0.05) is 25.6 Å². The van der Waals surface area contributed by atoms with Gasteiger partial charge in [-0.1, -0.05) is 0 Å². The van der Waals surface area contributed by atoms with Crippen LogP contribution in [0.3, 0.4) is 0 Å². The van der Waals surface area contributed by atoms with Crippen LogP contribution in [0.2, 0.25) is 0 Å². The topological polar surface area (TPSA) is 15.3 Å². The van der Waals surface area contributed by atoms with Crippen LogP contribution in [0.4, 0.5) is 0 Å². The van der Waals surface area contributed by atoms with Gasteiger partial charge in [-0.3, -0.25) is 0 Å². The maximum absolute atomic E-state index is 5.22. The number of nitrogens with one attached hydrogen (secondary N) is 1. The fraction of sp³-hybridized carbons (Fsp3) is 0.818. The van der Waals surface area contributed by atoms with E-state index in [-0.39, 0.29) is 0 Å². The van der Waals surface area contributed by atoms with Crippen molar-refractivity contribution in [1.82, 2.24) is 10.2 Å². The molecule has 0 aromatic rings. The summed E-state index contributed by atoms with van der Waals surface area (Å²) in [5.41, 5.74) is 0. The molecule has 0 aromatic carbocycles. The Hall–Kier alpha value is -0.520. The van der Waals surface area contributed by atoms with E-state index in [0.717, 1.165) is 24.9 Å². The normalized spacial score (nSPS) is 37.3. The van der Waals surface area contributed by atoms with Crippen molar-refractivity contribution in [2.75, 3.05) is 26.2 Å². The zero-order chi connectivity index (χ0) is 9.10. The molecule has 0 aromatic heterocycles. The third-order valence-electron chi connectivity index (χ3n) is 3.33. The van der Waals surface area contributed by atoms with Gasteiger partial charge in [0.25, 0.3) is 0 Å².